The number of benzene rings is 5. The molecule has 276 valence electrons. The quantitative estimate of drug-likeness (QED) is 0.102. The zero-order chi connectivity index (χ0) is 36.1. The number of hydrogen-bond acceptors (Lipinski definition) is 6. The minimum atomic E-state index is -0.329. The van der Waals surface area contributed by atoms with Gasteiger partial charge >= 0.3 is 0 Å². The summed E-state index contributed by atoms with van der Waals surface area (Å²) in [5, 5.41) is 0. The van der Waals surface area contributed by atoms with Crippen molar-refractivity contribution >= 4 is 5.69 Å². The minimum absolute atomic E-state index is 0.0603. The number of anilines is 1. The molecule has 4 atom stereocenters. The molecule has 0 unspecified atom stereocenters. The van der Waals surface area contributed by atoms with Crippen LogP contribution < -0.4 is 4.90 Å². The second-order valence-corrected chi connectivity index (χ2v) is 14.3. The van der Waals surface area contributed by atoms with Crippen molar-refractivity contribution in [2.24, 2.45) is 5.92 Å². The molecule has 2 heterocycles. The minimum Gasteiger partial charge on any atom is -0.375 e. The van der Waals surface area contributed by atoms with Crippen molar-refractivity contribution in [3.63, 3.8) is 0 Å². The van der Waals surface area contributed by atoms with Gasteiger partial charge in [0.1, 0.15) is 18.0 Å². The van der Waals surface area contributed by atoms with E-state index in [0.717, 1.165) is 60.4 Å². The standard InChI is InChI=1S/C46H51FN2O4/c47-41-21-23-42(24-22-41)48-27-25-36(26-28-48)29-49-30-44(51-32-38-15-7-2-8-16-38)46(53-34-40-19-11-4-12-20-40)45(52-33-39-17-9-3-10-18-39)43(49)35-50-31-37-13-5-1-6-14-37/h1-24,36,43-46H,25-35H2/t43-,44-,45+,46+/m0/s1. The number of nitrogens with zero attached hydrogens (tertiary/aromatic N) is 2. The Bertz CT molecular complexity index is 1760. The van der Waals surface area contributed by atoms with Gasteiger partial charge in [-0.25, -0.2) is 4.39 Å². The first-order valence-corrected chi connectivity index (χ1v) is 19.0. The third-order valence-electron chi connectivity index (χ3n) is 10.5. The summed E-state index contributed by atoms with van der Waals surface area (Å²) in [5.74, 6) is 0.281. The monoisotopic (exact) mass is 714 g/mol. The molecule has 0 aromatic heterocycles. The third kappa shape index (κ3) is 10.6. The molecular formula is C46H51FN2O4. The van der Waals surface area contributed by atoms with Gasteiger partial charge in [-0.3, -0.25) is 4.90 Å². The van der Waals surface area contributed by atoms with Gasteiger partial charge in [0.25, 0.3) is 0 Å². The van der Waals surface area contributed by atoms with E-state index >= 15 is 0 Å². The van der Waals surface area contributed by atoms with E-state index in [4.69, 9.17) is 18.9 Å². The Morgan fingerprint density at radius 3 is 1.53 bits per heavy atom. The highest BCUT2D eigenvalue weighted by atomic mass is 19.1. The fourth-order valence-corrected chi connectivity index (χ4v) is 7.61. The van der Waals surface area contributed by atoms with Crippen molar-refractivity contribution in [1.29, 1.82) is 0 Å². The lowest BCUT2D eigenvalue weighted by Gasteiger charge is -2.49. The van der Waals surface area contributed by atoms with Crippen LogP contribution in [0.15, 0.2) is 146 Å². The predicted molar refractivity (Wildman–Crippen MR) is 208 cm³/mol. The van der Waals surface area contributed by atoms with Crippen molar-refractivity contribution in [2.75, 3.05) is 37.7 Å². The summed E-state index contributed by atoms with van der Waals surface area (Å²) in [4.78, 5) is 4.94. The summed E-state index contributed by atoms with van der Waals surface area (Å²) in [6.45, 7) is 5.90. The molecule has 5 aromatic rings. The fourth-order valence-electron chi connectivity index (χ4n) is 7.61. The smallest absolute Gasteiger partial charge is 0.123 e. The zero-order valence-electron chi connectivity index (χ0n) is 30.4. The highest BCUT2D eigenvalue weighted by Gasteiger charge is 2.46. The molecule has 0 aliphatic carbocycles. The Morgan fingerprint density at radius 2 is 1.00 bits per heavy atom. The van der Waals surface area contributed by atoms with E-state index in [9.17, 15) is 4.39 Å². The normalized spacial score (nSPS) is 21.1. The summed E-state index contributed by atoms with van der Waals surface area (Å²) in [6, 6.07) is 48.2. The second kappa shape index (κ2) is 19.1. The summed E-state index contributed by atoms with van der Waals surface area (Å²) in [6.07, 6.45) is 1.21. The van der Waals surface area contributed by atoms with Gasteiger partial charge in [-0.2, -0.15) is 0 Å². The maximum atomic E-state index is 13.7. The number of halogens is 1. The molecule has 0 bridgehead atoms. The maximum Gasteiger partial charge on any atom is 0.123 e. The lowest BCUT2D eigenvalue weighted by molar-refractivity contribution is -0.212. The molecule has 7 rings (SSSR count). The lowest BCUT2D eigenvalue weighted by Crippen LogP contribution is -2.65. The second-order valence-electron chi connectivity index (χ2n) is 14.3. The van der Waals surface area contributed by atoms with Crippen LogP contribution in [0.4, 0.5) is 10.1 Å². The van der Waals surface area contributed by atoms with Crippen LogP contribution >= 0.6 is 0 Å². The highest BCUT2D eigenvalue weighted by Crippen LogP contribution is 2.32. The first-order chi connectivity index (χ1) is 26.2. The summed E-state index contributed by atoms with van der Waals surface area (Å²) >= 11 is 0. The van der Waals surface area contributed by atoms with Gasteiger partial charge in [-0.05, 0) is 65.3 Å². The Balaban J connectivity index is 1.15. The lowest BCUT2D eigenvalue weighted by atomic mass is 9.89. The molecule has 53 heavy (non-hydrogen) atoms. The van der Waals surface area contributed by atoms with Crippen molar-refractivity contribution < 1.29 is 23.3 Å². The van der Waals surface area contributed by atoms with Crippen molar-refractivity contribution in [1.82, 2.24) is 4.90 Å². The summed E-state index contributed by atoms with van der Waals surface area (Å²) in [5.41, 5.74) is 5.58. The van der Waals surface area contributed by atoms with Crippen LogP contribution in [0.2, 0.25) is 0 Å². The molecule has 7 heteroatoms. The molecule has 0 N–H and O–H groups in total. The van der Waals surface area contributed by atoms with Gasteiger partial charge in [-0.1, -0.05) is 121 Å². The number of likely N-dealkylation sites (tertiary alicyclic amines) is 1. The van der Waals surface area contributed by atoms with Crippen LogP contribution in [-0.4, -0.2) is 62.0 Å². The van der Waals surface area contributed by atoms with Gasteiger partial charge in [0, 0.05) is 31.9 Å². The summed E-state index contributed by atoms with van der Waals surface area (Å²) in [7, 11) is 0. The fraction of sp³-hybridized carbons (Fsp3) is 0.348. The average Bonchev–Trinajstić information content (AvgIpc) is 3.21. The van der Waals surface area contributed by atoms with Gasteiger partial charge in [-0.15, -0.1) is 0 Å². The molecule has 0 saturated carbocycles. The van der Waals surface area contributed by atoms with Crippen LogP contribution in [0.25, 0.3) is 0 Å². The maximum absolute atomic E-state index is 13.7. The Hall–Kier alpha value is -4.37. The number of piperidine rings is 2. The van der Waals surface area contributed by atoms with Crippen molar-refractivity contribution in [3.8, 4) is 0 Å². The van der Waals surface area contributed by atoms with Gasteiger partial charge in [0.2, 0.25) is 0 Å². The van der Waals surface area contributed by atoms with E-state index in [1.165, 1.54) is 0 Å². The van der Waals surface area contributed by atoms with Crippen LogP contribution in [0.3, 0.4) is 0 Å². The average molecular weight is 715 g/mol. The Labute approximate surface area is 314 Å². The largest absolute Gasteiger partial charge is 0.375 e. The first-order valence-electron chi connectivity index (χ1n) is 19.0. The van der Waals surface area contributed by atoms with Gasteiger partial charge < -0.3 is 23.8 Å². The Kier molecular flexibility index (Phi) is 13.3. The van der Waals surface area contributed by atoms with E-state index in [0.29, 0.717) is 45.5 Å². The predicted octanol–water partition coefficient (Wildman–Crippen LogP) is 8.70. The molecule has 6 nitrogen and oxygen atoms in total. The van der Waals surface area contributed by atoms with E-state index in [2.05, 4.69) is 107 Å². The van der Waals surface area contributed by atoms with E-state index in [1.807, 2.05) is 36.4 Å². The number of hydrogen-bond donors (Lipinski definition) is 0. The zero-order valence-corrected chi connectivity index (χ0v) is 30.4. The van der Waals surface area contributed by atoms with Crippen molar-refractivity contribution in [3.05, 3.63) is 174 Å². The van der Waals surface area contributed by atoms with Crippen LogP contribution in [0.5, 0.6) is 0 Å². The van der Waals surface area contributed by atoms with Crippen LogP contribution in [-0.2, 0) is 45.4 Å². The summed E-state index contributed by atoms with van der Waals surface area (Å²) < 4.78 is 41.0. The van der Waals surface area contributed by atoms with Crippen molar-refractivity contribution in [2.45, 2.75) is 63.6 Å². The third-order valence-corrected chi connectivity index (χ3v) is 10.5. The topological polar surface area (TPSA) is 43.4 Å². The molecule has 0 radical (unpaired) electrons. The van der Waals surface area contributed by atoms with E-state index in [1.54, 1.807) is 12.1 Å². The van der Waals surface area contributed by atoms with Gasteiger partial charge in [0.05, 0.1) is 45.2 Å². The molecule has 0 amide bonds. The molecule has 2 aliphatic rings. The molecule has 2 aliphatic heterocycles. The molecule has 2 fully saturated rings. The van der Waals surface area contributed by atoms with Gasteiger partial charge in [0.15, 0.2) is 0 Å². The van der Waals surface area contributed by atoms with Crippen LogP contribution in [0, 0.1) is 11.7 Å². The van der Waals surface area contributed by atoms with E-state index in [-0.39, 0.29) is 30.2 Å². The van der Waals surface area contributed by atoms with Crippen LogP contribution in [0.1, 0.15) is 35.1 Å². The highest BCUT2D eigenvalue weighted by molar-refractivity contribution is 5.46. The molecular weight excluding hydrogens is 664 g/mol. The number of rotatable bonds is 16. The SMILES string of the molecule is Fc1ccc(N2CCC(CN3C[C@H](OCc4ccccc4)[C@@H](OCc4ccccc4)[C@H](OCc4ccccc4)[C@@H]3COCc3ccccc3)CC2)cc1. The molecule has 0 spiro atoms. The first kappa shape index (κ1) is 37.0. The molecule has 5 aromatic carbocycles. The molecule has 2 saturated heterocycles. The Morgan fingerprint density at radius 1 is 0.528 bits per heavy atom. The van der Waals surface area contributed by atoms with E-state index < -0.39 is 0 Å². The number of ether oxygens (including phenoxy) is 4.